The average Bonchev–Trinajstić information content (AvgIpc) is 3.72. The molecule has 4 aliphatic heterocycles. The van der Waals surface area contributed by atoms with Gasteiger partial charge in [0.2, 0.25) is 5.88 Å². The number of benzene rings is 2. The van der Waals surface area contributed by atoms with E-state index in [1.165, 1.54) is 6.07 Å². The maximum atomic E-state index is 14.9. The lowest BCUT2D eigenvalue weighted by Crippen LogP contribution is -2.51. The normalized spacial score (nSPS) is 26.8. The number of aromatic nitrogens is 2. The molecule has 0 aliphatic carbocycles. The Morgan fingerprint density at radius 1 is 1.16 bits per heavy atom. The number of fused-ring (bicyclic) bond motifs is 5. The number of hydrogen-bond acceptors (Lipinski definition) is 6. The minimum Gasteiger partial charge on any atom is -0.508 e. The summed E-state index contributed by atoms with van der Waals surface area (Å²) in [6.07, 6.45) is 9.72. The fourth-order valence-corrected chi connectivity index (χ4v) is 8.25. The second-order valence-corrected chi connectivity index (χ2v) is 12.9. The van der Waals surface area contributed by atoms with Crippen LogP contribution in [0.25, 0.3) is 32.9 Å². The molecule has 6 heterocycles. The third kappa shape index (κ3) is 4.26. The highest BCUT2D eigenvalue weighted by Crippen LogP contribution is 2.43. The zero-order valence-electron chi connectivity index (χ0n) is 24.2. The molecule has 9 heteroatoms. The van der Waals surface area contributed by atoms with Crippen LogP contribution in [-0.2, 0) is 7.05 Å². The SMILES string of the molecule is C#Cc1c(F)ccc2cc(O)cc(-c3cc4c(N5CC6CCC(C5)N6)nc(OC[C@@]56CCCN5C[C@H](F)C6)cc4n3C)c12. The number of terminal acetylenes is 1. The van der Waals surface area contributed by atoms with Crippen molar-refractivity contribution in [1.82, 2.24) is 19.8 Å². The summed E-state index contributed by atoms with van der Waals surface area (Å²) in [6, 6.07) is 11.1. The predicted octanol–water partition coefficient (Wildman–Crippen LogP) is 5.12. The van der Waals surface area contributed by atoms with E-state index in [-0.39, 0.29) is 16.9 Å². The van der Waals surface area contributed by atoms with Crippen LogP contribution in [0.15, 0.2) is 36.4 Å². The highest BCUT2D eigenvalue weighted by Gasteiger charge is 2.49. The van der Waals surface area contributed by atoms with Gasteiger partial charge in [-0.2, -0.15) is 4.98 Å². The van der Waals surface area contributed by atoms with E-state index < -0.39 is 12.0 Å². The second kappa shape index (κ2) is 9.83. The first-order valence-electron chi connectivity index (χ1n) is 15.3. The lowest BCUT2D eigenvalue weighted by atomic mass is 9.95. The molecule has 222 valence electrons. The molecular weight excluding hydrogens is 548 g/mol. The largest absolute Gasteiger partial charge is 0.508 e. The second-order valence-electron chi connectivity index (χ2n) is 12.9. The van der Waals surface area contributed by atoms with Crippen LogP contribution in [0.4, 0.5) is 14.6 Å². The van der Waals surface area contributed by atoms with Gasteiger partial charge >= 0.3 is 0 Å². The van der Waals surface area contributed by atoms with Crippen molar-refractivity contribution in [2.45, 2.75) is 55.9 Å². The van der Waals surface area contributed by atoms with Gasteiger partial charge in [0.25, 0.3) is 0 Å². The van der Waals surface area contributed by atoms with E-state index in [0.29, 0.717) is 53.9 Å². The van der Waals surface area contributed by atoms with E-state index in [1.54, 1.807) is 18.2 Å². The standard InChI is InChI=1S/C34H35F2N5O2/c1-3-25-28(36)8-5-20-11-24(42)12-26(32(20)25)29-13-27-30(39(29)2)14-31(38-33(27)40-17-22-6-7-23(18-40)37-22)43-19-34-9-4-10-41(34)16-21(35)15-34/h1,5,8,11-14,21-23,37,42H,4,6-7,9-10,15-19H2,2H3/t21-,22?,23?,34+/m1/s1. The molecule has 8 rings (SSSR count). The van der Waals surface area contributed by atoms with Crippen LogP contribution in [0.1, 0.15) is 37.7 Å². The van der Waals surface area contributed by atoms with Crippen LogP contribution < -0.4 is 15.0 Å². The summed E-state index contributed by atoms with van der Waals surface area (Å²) >= 11 is 0. The summed E-state index contributed by atoms with van der Waals surface area (Å²) in [5.74, 6) is 3.49. The zero-order valence-corrected chi connectivity index (χ0v) is 24.2. The minimum atomic E-state index is -0.823. The number of ether oxygens (including phenoxy) is 1. The molecule has 0 spiro atoms. The molecule has 4 aromatic rings. The van der Waals surface area contributed by atoms with Crippen LogP contribution in [-0.4, -0.2) is 76.1 Å². The topological polar surface area (TPSA) is 65.8 Å². The van der Waals surface area contributed by atoms with Crippen LogP contribution in [0.2, 0.25) is 0 Å². The number of rotatable bonds is 5. The summed E-state index contributed by atoms with van der Waals surface area (Å²) in [5, 5.41) is 16.6. The number of alkyl halides is 1. The van der Waals surface area contributed by atoms with Crippen molar-refractivity contribution in [1.29, 1.82) is 0 Å². The summed E-state index contributed by atoms with van der Waals surface area (Å²) in [5.41, 5.74) is 2.23. The lowest BCUT2D eigenvalue weighted by molar-refractivity contribution is 0.111. The van der Waals surface area contributed by atoms with E-state index in [9.17, 15) is 13.9 Å². The number of phenols is 1. The highest BCUT2D eigenvalue weighted by atomic mass is 19.1. The van der Waals surface area contributed by atoms with Crippen molar-refractivity contribution in [3.05, 3.63) is 47.8 Å². The van der Waals surface area contributed by atoms with Crippen molar-refractivity contribution in [3.63, 3.8) is 0 Å². The number of phenolic OH excluding ortho intramolecular Hbond substituents is 1. The Morgan fingerprint density at radius 2 is 1.98 bits per heavy atom. The lowest BCUT2D eigenvalue weighted by Gasteiger charge is -2.34. The molecule has 43 heavy (non-hydrogen) atoms. The van der Waals surface area contributed by atoms with E-state index in [2.05, 4.69) is 27.1 Å². The van der Waals surface area contributed by atoms with Crippen molar-refractivity contribution in [2.24, 2.45) is 7.05 Å². The highest BCUT2D eigenvalue weighted by molar-refractivity contribution is 6.04. The zero-order chi connectivity index (χ0) is 29.5. The molecule has 4 saturated heterocycles. The smallest absolute Gasteiger partial charge is 0.217 e. The van der Waals surface area contributed by atoms with Crippen LogP contribution in [0.3, 0.4) is 0 Å². The molecule has 2 bridgehead atoms. The third-order valence-corrected chi connectivity index (χ3v) is 10.2. The summed E-state index contributed by atoms with van der Waals surface area (Å²) in [6.45, 7) is 3.47. The number of nitrogens with one attached hydrogen (secondary N) is 1. The maximum Gasteiger partial charge on any atom is 0.217 e. The number of pyridine rings is 1. The summed E-state index contributed by atoms with van der Waals surface area (Å²) < 4.78 is 37.9. The summed E-state index contributed by atoms with van der Waals surface area (Å²) in [4.78, 5) is 9.69. The Hall–Kier alpha value is -3.87. The van der Waals surface area contributed by atoms with Gasteiger partial charge in [-0.25, -0.2) is 8.78 Å². The van der Waals surface area contributed by atoms with Crippen LogP contribution in [0, 0.1) is 18.2 Å². The number of hydrogen-bond donors (Lipinski definition) is 2. The maximum absolute atomic E-state index is 14.9. The molecule has 4 fully saturated rings. The van der Waals surface area contributed by atoms with Gasteiger partial charge < -0.3 is 24.6 Å². The van der Waals surface area contributed by atoms with E-state index in [0.717, 1.165) is 67.7 Å². The molecule has 2 unspecified atom stereocenters. The molecule has 4 atom stereocenters. The molecular formula is C34H35F2N5O2. The summed E-state index contributed by atoms with van der Waals surface area (Å²) in [7, 11) is 1.96. The van der Waals surface area contributed by atoms with Gasteiger partial charge in [-0.1, -0.05) is 12.0 Å². The van der Waals surface area contributed by atoms with Gasteiger partial charge in [-0.3, -0.25) is 4.90 Å². The van der Waals surface area contributed by atoms with Crippen LogP contribution in [0.5, 0.6) is 11.6 Å². The Morgan fingerprint density at radius 3 is 2.77 bits per heavy atom. The van der Waals surface area contributed by atoms with E-state index in [4.69, 9.17) is 16.1 Å². The fraction of sp³-hybridized carbons (Fsp3) is 0.441. The molecule has 2 aromatic carbocycles. The predicted molar refractivity (Wildman–Crippen MR) is 164 cm³/mol. The van der Waals surface area contributed by atoms with E-state index in [1.807, 2.05) is 17.7 Å². The third-order valence-electron chi connectivity index (χ3n) is 10.2. The first-order valence-corrected chi connectivity index (χ1v) is 15.3. The monoisotopic (exact) mass is 583 g/mol. The quantitative estimate of drug-likeness (QED) is 0.318. The first-order chi connectivity index (χ1) is 20.8. The Bertz CT molecular complexity index is 1800. The fourth-order valence-electron chi connectivity index (χ4n) is 8.25. The molecule has 0 radical (unpaired) electrons. The van der Waals surface area contributed by atoms with Crippen molar-refractivity contribution in [3.8, 4) is 35.2 Å². The van der Waals surface area contributed by atoms with Gasteiger partial charge in [-0.15, -0.1) is 6.42 Å². The van der Waals surface area contributed by atoms with Gasteiger partial charge in [0.05, 0.1) is 16.6 Å². The van der Waals surface area contributed by atoms with Crippen molar-refractivity contribution < 1.29 is 18.6 Å². The molecule has 0 saturated carbocycles. The number of aryl methyl sites for hydroxylation is 1. The average molecular weight is 584 g/mol. The number of nitrogens with zero attached hydrogens (tertiary/aromatic N) is 4. The van der Waals surface area contributed by atoms with E-state index >= 15 is 0 Å². The number of aromatic hydroxyl groups is 1. The Labute approximate surface area is 249 Å². The molecule has 2 aromatic heterocycles. The molecule has 0 amide bonds. The Kier molecular flexibility index (Phi) is 6.11. The van der Waals surface area contributed by atoms with Crippen molar-refractivity contribution >= 4 is 27.5 Å². The molecule has 7 nitrogen and oxygen atoms in total. The van der Waals surface area contributed by atoms with Gasteiger partial charge in [0.15, 0.2) is 0 Å². The Balaban J connectivity index is 1.27. The van der Waals surface area contributed by atoms with Gasteiger partial charge in [0.1, 0.15) is 30.2 Å². The minimum absolute atomic E-state index is 0.0755. The van der Waals surface area contributed by atoms with Crippen LogP contribution >= 0.6 is 0 Å². The van der Waals surface area contributed by atoms with Crippen molar-refractivity contribution in [2.75, 3.05) is 37.7 Å². The molecule has 4 aliphatic rings. The molecule has 2 N–H and O–H groups in total. The number of halogens is 2. The van der Waals surface area contributed by atoms with Gasteiger partial charge in [-0.05, 0) is 61.9 Å². The van der Waals surface area contributed by atoms with Gasteiger partial charge in [0, 0.05) is 73.3 Å². The number of anilines is 1. The number of piperazine rings is 1. The first kappa shape index (κ1) is 26.7.